The fourth-order valence-corrected chi connectivity index (χ4v) is 2.21. The molecule has 1 N–H and O–H groups in total. The van der Waals surface area contributed by atoms with Crippen LogP contribution in [-0.4, -0.2) is 16.4 Å². The summed E-state index contributed by atoms with van der Waals surface area (Å²) in [6, 6.07) is 4.07. The second-order valence-electron chi connectivity index (χ2n) is 4.20. The molecule has 0 fully saturated rings. The third-order valence-corrected chi connectivity index (χ3v) is 2.99. The second kappa shape index (κ2) is 4.44. The van der Waals surface area contributed by atoms with E-state index < -0.39 is 0 Å². The first-order chi connectivity index (χ1) is 7.65. The lowest BCUT2D eigenvalue weighted by Gasteiger charge is -2.02. The van der Waals surface area contributed by atoms with Crippen LogP contribution in [0.3, 0.4) is 0 Å². The quantitative estimate of drug-likeness (QED) is 0.890. The summed E-state index contributed by atoms with van der Waals surface area (Å²) in [7, 11) is 1.93. The number of aromatic nitrogens is 2. The molecule has 0 unspecified atom stereocenters. The van der Waals surface area contributed by atoms with Crippen LogP contribution in [0, 0.1) is 0 Å². The third kappa shape index (κ3) is 1.81. The molecule has 0 saturated carbocycles. The lowest BCUT2D eigenvalue weighted by molar-refractivity contribution is 0.814. The Bertz CT molecular complexity index is 502. The first kappa shape index (κ1) is 11.4. The molecule has 0 saturated heterocycles. The van der Waals surface area contributed by atoms with Crippen LogP contribution >= 0.6 is 11.6 Å². The van der Waals surface area contributed by atoms with E-state index in [1.807, 2.05) is 23.7 Å². The monoisotopic (exact) mass is 237 g/mol. The van der Waals surface area contributed by atoms with E-state index >= 15 is 0 Å². The first-order valence-electron chi connectivity index (χ1n) is 5.45. The van der Waals surface area contributed by atoms with Gasteiger partial charge in [0.15, 0.2) is 0 Å². The largest absolute Gasteiger partial charge is 0.316 e. The van der Waals surface area contributed by atoms with Crippen LogP contribution in [-0.2, 0) is 6.54 Å². The first-order valence-corrected chi connectivity index (χ1v) is 5.83. The van der Waals surface area contributed by atoms with Gasteiger partial charge in [0.2, 0.25) is 0 Å². The van der Waals surface area contributed by atoms with Crippen molar-refractivity contribution < 1.29 is 0 Å². The Hall–Kier alpha value is -1.06. The number of fused-ring (bicyclic) bond motifs is 1. The lowest BCUT2D eigenvalue weighted by Crippen LogP contribution is -2.06. The fourth-order valence-electron chi connectivity index (χ4n) is 1.81. The highest BCUT2D eigenvalue weighted by molar-refractivity contribution is 6.30. The van der Waals surface area contributed by atoms with E-state index in [1.54, 1.807) is 0 Å². The Labute approximate surface area is 100 Å². The third-order valence-electron chi connectivity index (χ3n) is 2.61. The van der Waals surface area contributed by atoms with Crippen molar-refractivity contribution >= 4 is 17.2 Å². The summed E-state index contributed by atoms with van der Waals surface area (Å²) >= 11 is 6.30. The molecule has 2 rings (SSSR count). The van der Waals surface area contributed by atoms with Gasteiger partial charge in [-0.1, -0.05) is 31.5 Å². The molecule has 0 amide bonds. The minimum atomic E-state index is 0.342. The van der Waals surface area contributed by atoms with E-state index in [1.165, 1.54) is 5.56 Å². The van der Waals surface area contributed by atoms with Crippen molar-refractivity contribution in [2.45, 2.75) is 26.3 Å². The molecule has 0 bridgehead atoms. The van der Waals surface area contributed by atoms with E-state index in [-0.39, 0.29) is 0 Å². The van der Waals surface area contributed by atoms with Crippen molar-refractivity contribution in [3.63, 3.8) is 0 Å². The van der Waals surface area contributed by atoms with Gasteiger partial charge in [-0.2, -0.15) is 0 Å². The highest BCUT2D eigenvalue weighted by Crippen LogP contribution is 2.26. The maximum Gasteiger partial charge on any atom is 0.142 e. The summed E-state index contributed by atoms with van der Waals surface area (Å²) in [6.07, 6.45) is 1.95. The number of nitrogens with zero attached hydrogens (tertiary/aromatic N) is 2. The standard InChI is InChI=1S/C12H16ClN3/c1-8(2)10-11(13)16-6-4-5-9(7-14-3)12(16)15-10/h4-6,8,14H,7H2,1-3H3. The lowest BCUT2D eigenvalue weighted by atomic mass is 10.2. The molecule has 4 heteroatoms. The summed E-state index contributed by atoms with van der Waals surface area (Å²) in [5.74, 6) is 0.342. The van der Waals surface area contributed by atoms with Gasteiger partial charge in [-0.3, -0.25) is 4.40 Å². The van der Waals surface area contributed by atoms with E-state index in [2.05, 4.69) is 30.2 Å². The topological polar surface area (TPSA) is 29.3 Å². The van der Waals surface area contributed by atoms with Crippen LogP contribution in [0.4, 0.5) is 0 Å². The summed E-state index contributed by atoms with van der Waals surface area (Å²) in [5, 5.41) is 3.86. The summed E-state index contributed by atoms with van der Waals surface area (Å²) < 4.78 is 1.95. The van der Waals surface area contributed by atoms with Crippen molar-refractivity contribution in [3.8, 4) is 0 Å². The number of pyridine rings is 1. The Morgan fingerprint density at radius 1 is 1.50 bits per heavy atom. The zero-order chi connectivity index (χ0) is 11.7. The highest BCUT2D eigenvalue weighted by Gasteiger charge is 2.14. The minimum Gasteiger partial charge on any atom is -0.316 e. The molecule has 0 aliphatic rings. The van der Waals surface area contributed by atoms with Crippen LogP contribution < -0.4 is 5.32 Å². The molecule has 3 nitrogen and oxygen atoms in total. The Morgan fingerprint density at radius 3 is 2.88 bits per heavy atom. The van der Waals surface area contributed by atoms with Gasteiger partial charge in [0, 0.05) is 18.3 Å². The number of hydrogen-bond donors (Lipinski definition) is 1. The molecule has 0 aromatic carbocycles. The number of rotatable bonds is 3. The average Bonchev–Trinajstić information content (AvgIpc) is 2.58. The molecule has 16 heavy (non-hydrogen) atoms. The number of imidazole rings is 1. The van der Waals surface area contributed by atoms with Gasteiger partial charge < -0.3 is 5.32 Å². The van der Waals surface area contributed by atoms with E-state index in [0.717, 1.165) is 23.0 Å². The summed E-state index contributed by atoms with van der Waals surface area (Å²) in [5.41, 5.74) is 3.08. The Morgan fingerprint density at radius 2 is 2.25 bits per heavy atom. The van der Waals surface area contributed by atoms with Gasteiger partial charge in [-0.15, -0.1) is 0 Å². The maximum atomic E-state index is 6.30. The zero-order valence-electron chi connectivity index (χ0n) is 9.79. The molecule has 0 aliphatic heterocycles. The highest BCUT2D eigenvalue weighted by atomic mass is 35.5. The summed E-state index contributed by atoms with van der Waals surface area (Å²) in [6.45, 7) is 5.01. The maximum absolute atomic E-state index is 6.30. The van der Waals surface area contributed by atoms with Gasteiger partial charge in [0.25, 0.3) is 0 Å². The second-order valence-corrected chi connectivity index (χ2v) is 4.56. The summed E-state index contributed by atoms with van der Waals surface area (Å²) in [4.78, 5) is 4.62. The van der Waals surface area contributed by atoms with Crippen LogP contribution in [0.1, 0.15) is 31.0 Å². The molecule has 2 aromatic heterocycles. The van der Waals surface area contributed by atoms with Gasteiger partial charge in [0.05, 0.1) is 5.69 Å². The SMILES string of the molecule is CNCc1cccn2c(Cl)c(C(C)C)nc12. The predicted octanol–water partition coefficient (Wildman–Crippen LogP) is 2.83. The van der Waals surface area contributed by atoms with Gasteiger partial charge >= 0.3 is 0 Å². The molecule has 2 heterocycles. The molecule has 86 valence electrons. The number of hydrogen-bond acceptors (Lipinski definition) is 2. The number of halogens is 1. The molecule has 0 aliphatic carbocycles. The van der Waals surface area contributed by atoms with Gasteiger partial charge in [-0.25, -0.2) is 4.98 Å². The van der Waals surface area contributed by atoms with Crippen LogP contribution in [0.5, 0.6) is 0 Å². The smallest absolute Gasteiger partial charge is 0.142 e. The molecule has 0 atom stereocenters. The van der Waals surface area contributed by atoms with Gasteiger partial charge in [0.1, 0.15) is 10.8 Å². The predicted molar refractivity (Wildman–Crippen MR) is 67.1 cm³/mol. The molecule has 0 radical (unpaired) electrons. The molecule has 2 aromatic rings. The molecule has 0 spiro atoms. The van der Waals surface area contributed by atoms with Crippen molar-refractivity contribution in [3.05, 3.63) is 34.7 Å². The van der Waals surface area contributed by atoms with Crippen LogP contribution in [0.2, 0.25) is 5.15 Å². The Kier molecular flexibility index (Phi) is 3.17. The van der Waals surface area contributed by atoms with Crippen molar-refractivity contribution in [1.82, 2.24) is 14.7 Å². The molecular formula is C12H16ClN3. The molecular weight excluding hydrogens is 222 g/mol. The zero-order valence-corrected chi connectivity index (χ0v) is 10.5. The van der Waals surface area contributed by atoms with Gasteiger partial charge in [-0.05, 0) is 19.0 Å². The fraction of sp³-hybridized carbons (Fsp3) is 0.417. The van der Waals surface area contributed by atoms with E-state index in [0.29, 0.717) is 5.92 Å². The number of nitrogens with one attached hydrogen (secondary N) is 1. The van der Waals surface area contributed by atoms with Crippen molar-refractivity contribution in [1.29, 1.82) is 0 Å². The van der Waals surface area contributed by atoms with E-state index in [4.69, 9.17) is 11.6 Å². The van der Waals surface area contributed by atoms with Crippen molar-refractivity contribution in [2.24, 2.45) is 0 Å². The average molecular weight is 238 g/mol. The van der Waals surface area contributed by atoms with Crippen LogP contribution in [0.15, 0.2) is 18.3 Å². The van der Waals surface area contributed by atoms with Crippen molar-refractivity contribution in [2.75, 3.05) is 7.05 Å². The normalized spacial score (nSPS) is 11.6. The van der Waals surface area contributed by atoms with Crippen LogP contribution in [0.25, 0.3) is 5.65 Å². The van der Waals surface area contributed by atoms with E-state index in [9.17, 15) is 0 Å². The Balaban J connectivity index is 2.65. The minimum absolute atomic E-state index is 0.342.